The van der Waals surface area contributed by atoms with Gasteiger partial charge in [-0.25, -0.2) is 4.79 Å². The standard InChI is InChI=1S/C12H19N3O4/c1-12(2)6-8(12)14-11(19)15-4-3-13-10(18)7(15)5-9(16)17/h7-8H,3-6H2,1-2H3,(H,13,18)(H,14,19)(H,16,17). The molecule has 7 heteroatoms. The molecule has 1 heterocycles. The van der Waals surface area contributed by atoms with Gasteiger partial charge < -0.3 is 20.6 Å². The lowest BCUT2D eigenvalue weighted by atomic mass is 10.1. The van der Waals surface area contributed by atoms with E-state index in [9.17, 15) is 14.4 Å². The van der Waals surface area contributed by atoms with E-state index in [-0.39, 0.29) is 23.9 Å². The highest BCUT2D eigenvalue weighted by Crippen LogP contribution is 2.44. The Balaban J connectivity index is 2.00. The van der Waals surface area contributed by atoms with E-state index in [0.717, 1.165) is 6.42 Å². The van der Waals surface area contributed by atoms with Crippen molar-refractivity contribution in [1.82, 2.24) is 15.5 Å². The Morgan fingerprint density at radius 3 is 2.68 bits per heavy atom. The minimum atomic E-state index is -1.09. The summed E-state index contributed by atoms with van der Waals surface area (Å²) in [7, 11) is 0. The summed E-state index contributed by atoms with van der Waals surface area (Å²) in [6.07, 6.45) is 0.537. The molecule has 2 fully saturated rings. The number of hydrogen-bond acceptors (Lipinski definition) is 3. The molecule has 0 radical (unpaired) electrons. The van der Waals surface area contributed by atoms with Gasteiger partial charge in [-0.3, -0.25) is 9.59 Å². The molecule has 3 N–H and O–H groups in total. The van der Waals surface area contributed by atoms with Gasteiger partial charge in [0.2, 0.25) is 5.91 Å². The number of amides is 3. The Hall–Kier alpha value is -1.79. The minimum Gasteiger partial charge on any atom is -0.481 e. The van der Waals surface area contributed by atoms with Crippen LogP contribution in [0.1, 0.15) is 26.7 Å². The molecule has 2 atom stereocenters. The van der Waals surface area contributed by atoms with Gasteiger partial charge in [-0.05, 0) is 11.8 Å². The molecule has 1 aliphatic carbocycles. The molecule has 7 nitrogen and oxygen atoms in total. The Kier molecular flexibility index (Phi) is 3.38. The number of rotatable bonds is 3. The Morgan fingerprint density at radius 1 is 1.53 bits per heavy atom. The maximum Gasteiger partial charge on any atom is 0.318 e. The summed E-state index contributed by atoms with van der Waals surface area (Å²) in [4.78, 5) is 35.9. The summed E-state index contributed by atoms with van der Waals surface area (Å²) in [5.74, 6) is -1.49. The van der Waals surface area contributed by atoms with Gasteiger partial charge in [0.15, 0.2) is 0 Å². The molecule has 0 aromatic heterocycles. The highest BCUT2D eigenvalue weighted by Gasteiger charge is 2.48. The molecule has 0 aromatic carbocycles. The van der Waals surface area contributed by atoms with Crippen LogP contribution in [-0.2, 0) is 9.59 Å². The van der Waals surface area contributed by atoms with Gasteiger partial charge in [0.1, 0.15) is 6.04 Å². The van der Waals surface area contributed by atoms with Crippen molar-refractivity contribution >= 4 is 17.9 Å². The zero-order valence-electron chi connectivity index (χ0n) is 11.1. The predicted molar refractivity (Wildman–Crippen MR) is 66.5 cm³/mol. The van der Waals surface area contributed by atoms with Crippen molar-refractivity contribution in [3.63, 3.8) is 0 Å². The minimum absolute atomic E-state index is 0.0933. The van der Waals surface area contributed by atoms with Gasteiger partial charge in [0.25, 0.3) is 0 Å². The van der Waals surface area contributed by atoms with E-state index in [2.05, 4.69) is 24.5 Å². The molecular formula is C12H19N3O4. The molecule has 1 aliphatic heterocycles. The van der Waals surface area contributed by atoms with Gasteiger partial charge in [0, 0.05) is 19.1 Å². The molecule has 0 bridgehead atoms. The van der Waals surface area contributed by atoms with Crippen molar-refractivity contribution in [3.05, 3.63) is 0 Å². The molecule has 2 unspecified atom stereocenters. The largest absolute Gasteiger partial charge is 0.481 e. The summed E-state index contributed by atoms with van der Waals surface area (Å²) in [6, 6.07) is -1.17. The van der Waals surface area contributed by atoms with Crippen LogP contribution in [0.15, 0.2) is 0 Å². The Morgan fingerprint density at radius 2 is 2.16 bits per heavy atom. The van der Waals surface area contributed by atoms with Crippen LogP contribution >= 0.6 is 0 Å². The predicted octanol–water partition coefficient (Wildman–Crippen LogP) is -0.230. The van der Waals surface area contributed by atoms with E-state index in [1.54, 1.807) is 0 Å². The number of carbonyl (C=O) groups excluding carboxylic acids is 2. The molecule has 2 aliphatic rings. The lowest BCUT2D eigenvalue weighted by molar-refractivity contribution is -0.142. The molecule has 1 saturated heterocycles. The lowest BCUT2D eigenvalue weighted by Gasteiger charge is -2.34. The van der Waals surface area contributed by atoms with Gasteiger partial charge in [0.05, 0.1) is 6.42 Å². The number of piperazine rings is 1. The monoisotopic (exact) mass is 269 g/mol. The van der Waals surface area contributed by atoms with E-state index in [0.29, 0.717) is 13.1 Å². The van der Waals surface area contributed by atoms with Crippen LogP contribution in [0.4, 0.5) is 4.79 Å². The number of hydrogen-bond donors (Lipinski definition) is 3. The van der Waals surface area contributed by atoms with Crippen molar-refractivity contribution < 1.29 is 19.5 Å². The summed E-state index contributed by atoms with van der Waals surface area (Å²) < 4.78 is 0. The molecular weight excluding hydrogens is 250 g/mol. The fourth-order valence-corrected chi connectivity index (χ4v) is 2.27. The first kappa shape index (κ1) is 13.6. The highest BCUT2D eigenvalue weighted by atomic mass is 16.4. The molecule has 19 heavy (non-hydrogen) atoms. The maximum atomic E-state index is 12.1. The third-order valence-corrected chi connectivity index (χ3v) is 3.77. The number of carbonyl (C=O) groups is 3. The lowest BCUT2D eigenvalue weighted by Crippen LogP contribution is -2.60. The molecule has 2 rings (SSSR count). The topological polar surface area (TPSA) is 98.7 Å². The third-order valence-electron chi connectivity index (χ3n) is 3.77. The second-order valence-electron chi connectivity index (χ2n) is 5.79. The molecule has 0 aromatic rings. The average molecular weight is 269 g/mol. The maximum absolute atomic E-state index is 12.1. The zero-order valence-corrected chi connectivity index (χ0v) is 11.1. The first-order chi connectivity index (χ1) is 8.81. The summed E-state index contributed by atoms with van der Waals surface area (Å²) in [6.45, 7) is 4.80. The van der Waals surface area contributed by atoms with Gasteiger partial charge in [-0.1, -0.05) is 13.8 Å². The van der Waals surface area contributed by atoms with Crippen molar-refractivity contribution in [1.29, 1.82) is 0 Å². The molecule has 0 spiro atoms. The second kappa shape index (κ2) is 4.71. The van der Waals surface area contributed by atoms with Gasteiger partial charge in [-0.2, -0.15) is 0 Å². The Bertz CT molecular complexity index is 421. The van der Waals surface area contributed by atoms with E-state index in [1.165, 1.54) is 4.90 Å². The fourth-order valence-electron chi connectivity index (χ4n) is 2.27. The van der Waals surface area contributed by atoms with Crippen LogP contribution in [-0.4, -0.2) is 53.1 Å². The van der Waals surface area contributed by atoms with Crippen molar-refractivity contribution in [2.75, 3.05) is 13.1 Å². The van der Waals surface area contributed by atoms with E-state index < -0.39 is 17.9 Å². The summed E-state index contributed by atoms with van der Waals surface area (Å²) >= 11 is 0. The Labute approximate surface area is 111 Å². The van der Waals surface area contributed by atoms with Crippen LogP contribution in [0.5, 0.6) is 0 Å². The van der Waals surface area contributed by atoms with Crippen molar-refractivity contribution in [3.8, 4) is 0 Å². The summed E-state index contributed by atoms with van der Waals surface area (Å²) in [5.41, 5.74) is 0.0933. The number of nitrogens with zero attached hydrogens (tertiary/aromatic N) is 1. The van der Waals surface area contributed by atoms with Gasteiger partial charge >= 0.3 is 12.0 Å². The molecule has 106 valence electrons. The van der Waals surface area contributed by atoms with Crippen molar-refractivity contribution in [2.24, 2.45) is 5.41 Å². The van der Waals surface area contributed by atoms with E-state index >= 15 is 0 Å². The average Bonchev–Trinajstić information content (AvgIpc) is 2.88. The SMILES string of the molecule is CC1(C)CC1NC(=O)N1CCNC(=O)C1CC(=O)O. The first-order valence-corrected chi connectivity index (χ1v) is 6.38. The van der Waals surface area contributed by atoms with Crippen LogP contribution in [0, 0.1) is 5.41 Å². The number of carboxylic acids is 1. The summed E-state index contributed by atoms with van der Waals surface area (Å²) in [5, 5.41) is 14.3. The number of nitrogens with one attached hydrogen (secondary N) is 2. The van der Waals surface area contributed by atoms with E-state index in [1.807, 2.05) is 0 Å². The number of aliphatic carboxylic acids is 1. The molecule has 1 saturated carbocycles. The van der Waals surface area contributed by atoms with Crippen LogP contribution < -0.4 is 10.6 Å². The van der Waals surface area contributed by atoms with Crippen LogP contribution in [0.3, 0.4) is 0 Å². The molecule has 3 amide bonds. The smallest absolute Gasteiger partial charge is 0.318 e. The zero-order chi connectivity index (χ0) is 14.2. The third kappa shape index (κ3) is 2.97. The fraction of sp³-hybridized carbons (Fsp3) is 0.750. The second-order valence-corrected chi connectivity index (χ2v) is 5.79. The quantitative estimate of drug-likeness (QED) is 0.659. The first-order valence-electron chi connectivity index (χ1n) is 6.38. The number of carboxylic acid groups (broad SMARTS) is 1. The van der Waals surface area contributed by atoms with E-state index in [4.69, 9.17) is 5.11 Å². The van der Waals surface area contributed by atoms with Crippen molar-refractivity contribution in [2.45, 2.75) is 38.8 Å². The highest BCUT2D eigenvalue weighted by molar-refractivity contribution is 5.91. The normalized spacial score (nSPS) is 28.5. The van der Waals surface area contributed by atoms with Crippen LogP contribution in [0.2, 0.25) is 0 Å². The van der Waals surface area contributed by atoms with Gasteiger partial charge in [-0.15, -0.1) is 0 Å². The number of urea groups is 1. The van der Waals surface area contributed by atoms with Crippen LogP contribution in [0.25, 0.3) is 0 Å².